The molecule has 0 bridgehead atoms. The van der Waals surface area contributed by atoms with E-state index in [1.54, 1.807) is 6.08 Å². The van der Waals surface area contributed by atoms with Gasteiger partial charge in [0.2, 0.25) is 5.91 Å². The zero-order chi connectivity index (χ0) is 61.9. The molecule has 0 spiro atoms. The Bertz CT molecular complexity index is 1830. The molecule has 12 N–H and O–H groups in total. The molecule has 17 unspecified atom stereocenters. The average molecular weight is 1210 g/mol. The van der Waals surface area contributed by atoms with Gasteiger partial charge in [0.25, 0.3) is 0 Å². The molecule has 3 heterocycles. The SMILES string of the molecule is CC/C=C\C/C=C\C/C=C\C/C=C\C/C=C\CCCCCC(=O)NC(COC1OC(CO)C(OC2OC(CO)C(OC3OC(CO)C(O)C(O)C3O)C(O)C2O)C(O)C1O)C(O)/C=C/CCCCCCCCCCCCCCCCCCCCC. The van der Waals surface area contributed by atoms with Gasteiger partial charge < -0.3 is 89.9 Å². The van der Waals surface area contributed by atoms with E-state index in [1.165, 1.54) is 103 Å². The van der Waals surface area contributed by atoms with Crippen LogP contribution in [0.1, 0.15) is 206 Å². The zero-order valence-corrected chi connectivity index (χ0v) is 51.6. The lowest BCUT2D eigenvalue weighted by atomic mass is 9.96. The summed E-state index contributed by atoms with van der Waals surface area (Å²) in [5.41, 5.74) is 0. The second kappa shape index (κ2) is 48.1. The Morgan fingerprint density at radius 2 is 0.812 bits per heavy atom. The monoisotopic (exact) mass is 1210 g/mol. The second-order valence-electron chi connectivity index (χ2n) is 23.2. The van der Waals surface area contributed by atoms with Gasteiger partial charge in [0.05, 0.1) is 38.6 Å². The minimum Gasteiger partial charge on any atom is -0.394 e. The first-order chi connectivity index (χ1) is 41.3. The topological polar surface area (TPSA) is 307 Å². The number of aliphatic hydroxyl groups excluding tert-OH is 11. The summed E-state index contributed by atoms with van der Waals surface area (Å²) < 4.78 is 34.3. The summed E-state index contributed by atoms with van der Waals surface area (Å²) in [6.45, 7) is 1.59. The molecule has 0 aromatic carbocycles. The molecule has 0 aromatic heterocycles. The summed E-state index contributed by atoms with van der Waals surface area (Å²) in [7, 11) is 0. The van der Waals surface area contributed by atoms with Crippen molar-refractivity contribution in [2.45, 2.75) is 311 Å². The Kier molecular flexibility index (Phi) is 43.3. The fourth-order valence-electron chi connectivity index (χ4n) is 10.7. The quantitative estimate of drug-likeness (QED) is 0.0209. The van der Waals surface area contributed by atoms with E-state index < -0.39 is 124 Å². The van der Waals surface area contributed by atoms with Crippen molar-refractivity contribution in [3.63, 3.8) is 0 Å². The number of carbonyl (C=O) groups is 1. The molecule has 3 fully saturated rings. The highest BCUT2D eigenvalue weighted by molar-refractivity contribution is 5.76. The molecule has 3 saturated heterocycles. The van der Waals surface area contributed by atoms with Crippen LogP contribution < -0.4 is 5.32 Å². The van der Waals surface area contributed by atoms with Crippen LogP contribution >= 0.6 is 0 Å². The zero-order valence-electron chi connectivity index (χ0n) is 51.6. The summed E-state index contributed by atoms with van der Waals surface area (Å²) in [6, 6.07) is -0.995. The van der Waals surface area contributed by atoms with Crippen LogP contribution in [-0.4, -0.2) is 193 Å². The first-order valence-corrected chi connectivity index (χ1v) is 32.7. The van der Waals surface area contributed by atoms with Crippen LogP contribution in [0.25, 0.3) is 0 Å². The average Bonchev–Trinajstić information content (AvgIpc) is 3.10. The van der Waals surface area contributed by atoms with Crippen LogP contribution in [0.15, 0.2) is 72.9 Å². The molecule has 492 valence electrons. The van der Waals surface area contributed by atoms with Crippen LogP contribution in [0.2, 0.25) is 0 Å². The van der Waals surface area contributed by atoms with Crippen molar-refractivity contribution < 1.29 is 89.4 Å². The van der Waals surface area contributed by atoms with Gasteiger partial charge in [-0.1, -0.05) is 209 Å². The van der Waals surface area contributed by atoms with Crippen molar-refractivity contribution in [3.05, 3.63) is 72.9 Å². The second-order valence-corrected chi connectivity index (χ2v) is 23.2. The standard InChI is InChI=1S/C66H115NO18/c1-3-5-7-9-11-13-15-17-19-21-23-24-26-27-29-31-33-35-37-39-41-43-50(71)49(67-54(72)44-42-40-38-36-34-32-30-28-25-22-20-18-16-14-12-10-8-6-4-2)48-80-64-60(78)57(75)62(52(46-69)82-64)85-66-61(79)58(76)63(53(47-70)83-66)84-65-59(77)56(74)55(73)51(45-68)81-65/h6,8,12,14,18,20,25,28,32,34,41,43,49-53,55-66,68-71,73-79H,3-5,7,9-11,13,15-17,19,21-24,26-27,29-31,33,35-40,42,44-48H2,1-2H3,(H,67,72)/b8-6-,14-12-,20-18-,28-25-,34-32-,43-41+. The summed E-state index contributed by atoms with van der Waals surface area (Å²) >= 11 is 0. The van der Waals surface area contributed by atoms with Crippen LogP contribution in [-0.2, 0) is 33.2 Å². The summed E-state index contributed by atoms with van der Waals surface area (Å²) in [5, 5.41) is 120. The largest absolute Gasteiger partial charge is 0.394 e. The fraction of sp³-hybridized carbons (Fsp3) is 0.803. The Morgan fingerprint density at radius 3 is 1.27 bits per heavy atom. The molecule has 19 nitrogen and oxygen atoms in total. The van der Waals surface area contributed by atoms with E-state index in [0.29, 0.717) is 6.42 Å². The van der Waals surface area contributed by atoms with Gasteiger partial charge in [-0.2, -0.15) is 0 Å². The molecule has 3 rings (SSSR count). The molecular formula is C66H115NO18. The van der Waals surface area contributed by atoms with Gasteiger partial charge in [0, 0.05) is 6.42 Å². The van der Waals surface area contributed by atoms with Crippen LogP contribution in [0, 0.1) is 0 Å². The number of nitrogens with one attached hydrogen (secondary N) is 1. The molecule has 0 aliphatic carbocycles. The molecule has 17 atom stereocenters. The molecule has 0 radical (unpaired) electrons. The highest BCUT2D eigenvalue weighted by Crippen LogP contribution is 2.33. The number of unbranched alkanes of at least 4 members (excludes halogenated alkanes) is 22. The predicted molar refractivity (Wildman–Crippen MR) is 328 cm³/mol. The Hall–Kier alpha value is -2.77. The Balaban J connectivity index is 1.49. The van der Waals surface area contributed by atoms with Crippen LogP contribution in [0.5, 0.6) is 0 Å². The van der Waals surface area contributed by atoms with E-state index in [1.807, 2.05) is 6.08 Å². The summed E-state index contributed by atoms with van der Waals surface area (Å²) in [5.74, 6) is -0.309. The van der Waals surface area contributed by atoms with Gasteiger partial charge in [0.1, 0.15) is 73.2 Å². The number of aliphatic hydroxyl groups is 11. The van der Waals surface area contributed by atoms with E-state index in [9.17, 15) is 61.0 Å². The lowest BCUT2D eigenvalue weighted by Gasteiger charge is -2.48. The number of hydrogen-bond acceptors (Lipinski definition) is 18. The number of hydrogen-bond donors (Lipinski definition) is 12. The third kappa shape index (κ3) is 31.0. The first-order valence-electron chi connectivity index (χ1n) is 32.7. The Labute approximate surface area is 508 Å². The van der Waals surface area contributed by atoms with Crippen molar-refractivity contribution in [2.24, 2.45) is 0 Å². The van der Waals surface area contributed by atoms with Crippen molar-refractivity contribution >= 4 is 5.91 Å². The van der Waals surface area contributed by atoms with Crippen LogP contribution in [0.4, 0.5) is 0 Å². The minimum atomic E-state index is -1.98. The highest BCUT2D eigenvalue weighted by atomic mass is 16.8. The number of rotatable bonds is 48. The van der Waals surface area contributed by atoms with Crippen molar-refractivity contribution in [2.75, 3.05) is 26.4 Å². The van der Waals surface area contributed by atoms with E-state index in [2.05, 4.69) is 79.9 Å². The normalized spacial score (nSPS) is 29.4. The van der Waals surface area contributed by atoms with Crippen molar-refractivity contribution in [3.8, 4) is 0 Å². The Morgan fingerprint density at radius 1 is 0.435 bits per heavy atom. The highest BCUT2D eigenvalue weighted by Gasteiger charge is 2.53. The number of carbonyl (C=O) groups excluding carboxylic acids is 1. The maximum absolute atomic E-state index is 13.4. The van der Waals surface area contributed by atoms with E-state index >= 15 is 0 Å². The molecular weight excluding hydrogens is 1090 g/mol. The smallest absolute Gasteiger partial charge is 0.220 e. The maximum atomic E-state index is 13.4. The van der Waals surface area contributed by atoms with Gasteiger partial charge in [0.15, 0.2) is 18.9 Å². The minimum absolute atomic E-state index is 0.201. The maximum Gasteiger partial charge on any atom is 0.220 e. The van der Waals surface area contributed by atoms with E-state index in [0.717, 1.165) is 77.0 Å². The molecule has 3 aliphatic heterocycles. The lowest BCUT2D eigenvalue weighted by molar-refractivity contribution is -0.379. The molecule has 0 aromatic rings. The summed E-state index contributed by atoms with van der Waals surface area (Å²) in [6.07, 6.45) is 31.6. The molecule has 19 heteroatoms. The van der Waals surface area contributed by atoms with E-state index in [4.69, 9.17) is 28.4 Å². The number of allylic oxidation sites excluding steroid dienone is 11. The van der Waals surface area contributed by atoms with Gasteiger partial charge in [-0.3, -0.25) is 4.79 Å². The van der Waals surface area contributed by atoms with E-state index in [-0.39, 0.29) is 18.9 Å². The van der Waals surface area contributed by atoms with Crippen molar-refractivity contribution in [1.29, 1.82) is 0 Å². The van der Waals surface area contributed by atoms with Gasteiger partial charge in [-0.15, -0.1) is 0 Å². The molecule has 85 heavy (non-hydrogen) atoms. The first kappa shape index (κ1) is 76.5. The molecule has 0 saturated carbocycles. The van der Waals surface area contributed by atoms with Gasteiger partial charge in [-0.05, 0) is 64.2 Å². The van der Waals surface area contributed by atoms with Gasteiger partial charge in [-0.25, -0.2) is 0 Å². The number of amides is 1. The fourth-order valence-corrected chi connectivity index (χ4v) is 10.7. The molecule has 1 amide bonds. The third-order valence-corrected chi connectivity index (χ3v) is 16.0. The van der Waals surface area contributed by atoms with Crippen molar-refractivity contribution in [1.82, 2.24) is 5.32 Å². The third-order valence-electron chi connectivity index (χ3n) is 16.0. The predicted octanol–water partition coefficient (Wildman–Crippen LogP) is 7.38. The number of ether oxygens (including phenoxy) is 6. The lowest BCUT2D eigenvalue weighted by Crippen LogP contribution is -2.66. The van der Waals surface area contributed by atoms with Crippen LogP contribution in [0.3, 0.4) is 0 Å². The summed E-state index contributed by atoms with van der Waals surface area (Å²) in [4.78, 5) is 13.4. The van der Waals surface area contributed by atoms with Gasteiger partial charge >= 0.3 is 0 Å². The molecule has 3 aliphatic rings.